The van der Waals surface area contributed by atoms with Crippen LogP contribution in [-0.4, -0.2) is 49.9 Å². The van der Waals surface area contributed by atoms with E-state index >= 15 is 0 Å². The Hall–Kier alpha value is -6.43. The molecule has 0 amide bonds. The number of rotatable bonds is 4. The monoisotopic (exact) mass is 677 g/mol. The summed E-state index contributed by atoms with van der Waals surface area (Å²) in [5.74, 6) is 5.56. The van der Waals surface area contributed by atoms with Gasteiger partial charge in [-0.25, -0.2) is 14.3 Å². The number of anilines is 2. The first-order valence-electron chi connectivity index (χ1n) is 16.9. The lowest BCUT2D eigenvalue weighted by Gasteiger charge is -2.11. The number of aromatic nitrogens is 5. The molecule has 5 heterocycles. The molecule has 4 aromatic carbocycles. The molecule has 6 aromatic rings. The first kappa shape index (κ1) is 30.6. The lowest BCUT2D eigenvalue weighted by molar-refractivity contribution is 0.174. The molecule has 12 nitrogen and oxygen atoms in total. The number of benzene rings is 4. The van der Waals surface area contributed by atoms with Gasteiger partial charge in [0.15, 0.2) is 23.1 Å². The van der Waals surface area contributed by atoms with Gasteiger partial charge < -0.3 is 25.7 Å². The molecule has 0 atom stereocenters. The van der Waals surface area contributed by atoms with Crippen molar-refractivity contribution >= 4 is 22.8 Å². The van der Waals surface area contributed by atoms with Gasteiger partial charge in [-0.1, -0.05) is 30.3 Å². The molecule has 0 unspecified atom stereocenters. The first-order valence-corrected chi connectivity index (χ1v) is 16.9. The van der Waals surface area contributed by atoms with Crippen molar-refractivity contribution in [2.24, 2.45) is 10.2 Å². The molecule has 3 aliphatic heterocycles. The third-order valence-corrected chi connectivity index (χ3v) is 9.45. The molecule has 4 aliphatic rings. The van der Waals surface area contributed by atoms with Crippen LogP contribution in [-0.2, 0) is 12.8 Å². The molecule has 0 radical (unpaired) electrons. The molecule has 254 valence electrons. The second-order valence-corrected chi connectivity index (χ2v) is 13.1. The minimum atomic E-state index is 0.250. The van der Waals surface area contributed by atoms with Crippen molar-refractivity contribution in [2.75, 3.05) is 25.4 Å². The Labute approximate surface area is 294 Å². The van der Waals surface area contributed by atoms with E-state index in [-0.39, 0.29) is 6.79 Å². The van der Waals surface area contributed by atoms with Gasteiger partial charge in [0.05, 0.1) is 30.4 Å². The van der Waals surface area contributed by atoms with Gasteiger partial charge in [-0.05, 0) is 79.4 Å². The van der Waals surface area contributed by atoms with Crippen molar-refractivity contribution in [1.29, 1.82) is 0 Å². The highest BCUT2D eigenvalue weighted by Crippen LogP contribution is 2.40. The minimum Gasteiger partial charge on any atom is -0.497 e. The molecule has 0 bridgehead atoms. The number of aryl methyl sites for hydroxylation is 1. The molecule has 0 spiro atoms. The van der Waals surface area contributed by atoms with E-state index in [9.17, 15) is 0 Å². The van der Waals surface area contributed by atoms with Crippen molar-refractivity contribution in [3.05, 3.63) is 142 Å². The Morgan fingerprint density at radius 1 is 0.725 bits per heavy atom. The number of fused-ring (bicyclic) bond motifs is 5. The van der Waals surface area contributed by atoms with Gasteiger partial charge in [-0.2, -0.15) is 10.2 Å². The zero-order chi connectivity index (χ0) is 34.6. The van der Waals surface area contributed by atoms with Crippen LogP contribution in [0.25, 0.3) is 0 Å². The van der Waals surface area contributed by atoms with Crippen LogP contribution >= 0.6 is 0 Å². The fourth-order valence-electron chi connectivity index (χ4n) is 6.66. The van der Waals surface area contributed by atoms with Crippen molar-refractivity contribution in [2.45, 2.75) is 38.5 Å². The van der Waals surface area contributed by atoms with E-state index in [0.29, 0.717) is 18.8 Å². The van der Waals surface area contributed by atoms with Crippen LogP contribution < -0.4 is 25.7 Å². The fraction of sp³-hybridized carbons (Fsp3) is 0.205. The lowest BCUT2D eigenvalue weighted by atomic mass is 9.95. The predicted molar refractivity (Wildman–Crippen MR) is 194 cm³/mol. The fourth-order valence-corrected chi connectivity index (χ4v) is 6.66. The van der Waals surface area contributed by atoms with E-state index in [2.05, 4.69) is 21.2 Å². The molecule has 1 aliphatic carbocycles. The number of methoxy groups -OCH3 is 1. The van der Waals surface area contributed by atoms with E-state index in [1.54, 1.807) is 7.11 Å². The Bertz CT molecular complexity index is 2370. The average Bonchev–Trinajstić information content (AvgIpc) is 3.70. The van der Waals surface area contributed by atoms with Crippen LogP contribution in [0.15, 0.2) is 95.3 Å². The molecule has 0 saturated heterocycles. The van der Waals surface area contributed by atoms with Crippen LogP contribution in [0, 0.1) is 6.92 Å². The molecular weight excluding hydrogens is 642 g/mol. The first-order chi connectivity index (χ1) is 24.9. The van der Waals surface area contributed by atoms with Crippen LogP contribution in [0.4, 0.5) is 11.4 Å². The highest BCUT2D eigenvalue weighted by atomic mass is 16.7. The van der Waals surface area contributed by atoms with Crippen molar-refractivity contribution < 1.29 is 14.2 Å². The standard InChI is InChI=1S/C20H19N5O.C19H16N4O2/c1-26-16-9-6-14-10-18-22-23-20(13-2-3-13)25(18)24-19(17(14)11-16)12-4-7-15(21)8-5-12;1-11-9-23-18(21-11)7-13-6-16-17(25-10-24-16)8-15(13)19(22-23)12-2-4-14(20)5-3-12/h4-9,11,13H,2-3,10,21H2,1H3;2-6,8-9H,7,10,20H2,1H3. The van der Waals surface area contributed by atoms with E-state index in [1.807, 2.05) is 95.3 Å². The van der Waals surface area contributed by atoms with Gasteiger partial charge in [0, 0.05) is 52.4 Å². The van der Waals surface area contributed by atoms with Gasteiger partial charge in [0.2, 0.25) is 6.79 Å². The zero-order valence-electron chi connectivity index (χ0n) is 28.2. The summed E-state index contributed by atoms with van der Waals surface area (Å²) >= 11 is 0. The van der Waals surface area contributed by atoms with Crippen molar-refractivity contribution in [3.63, 3.8) is 0 Å². The van der Waals surface area contributed by atoms with Crippen molar-refractivity contribution in [1.82, 2.24) is 24.5 Å². The number of nitrogen functional groups attached to an aromatic ring is 2. The topological polar surface area (TPSA) is 153 Å². The third-order valence-electron chi connectivity index (χ3n) is 9.45. The summed E-state index contributed by atoms with van der Waals surface area (Å²) in [5, 5.41) is 18.7. The average molecular weight is 678 g/mol. The molecular formula is C39H35N9O3. The number of hydrogen-bond acceptors (Lipinski definition) is 10. The van der Waals surface area contributed by atoms with Gasteiger partial charge >= 0.3 is 0 Å². The summed E-state index contributed by atoms with van der Waals surface area (Å²) in [6.45, 7) is 2.22. The third kappa shape index (κ3) is 5.74. The summed E-state index contributed by atoms with van der Waals surface area (Å²) in [5.41, 5.74) is 22.2. The summed E-state index contributed by atoms with van der Waals surface area (Å²) in [6.07, 6.45) is 5.64. The number of ether oxygens (including phenoxy) is 3. The van der Waals surface area contributed by atoms with Gasteiger partial charge in [-0.3, -0.25) is 0 Å². The Kier molecular flexibility index (Phi) is 7.30. The van der Waals surface area contributed by atoms with Gasteiger partial charge in [-0.15, -0.1) is 10.2 Å². The van der Waals surface area contributed by atoms with E-state index in [0.717, 1.165) is 109 Å². The summed E-state index contributed by atoms with van der Waals surface area (Å²) in [4.78, 5) is 4.61. The minimum absolute atomic E-state index is 0.250. The predicted octanol–water partition coefficient (Wildman–Crippen LogP) is 5.66. The highest BCUT2D eigenvalue weighted by molar-refractivity contribution is 6.15. The van der Waals surface area contributed by atoms with E-state index < -0.39 is 0 Å². The van der Waals surface area contributed by atoms with Gasteiger partial charge in [0.25, 0.3) is 0 Å². The number of imidazole rings is 1. The summed E-state index contributed by atoms with van der Waals surface area (Å²) < 4.78 is 20.4. The molecule has 1 saturated carbocycles. The Morgan fingerprint density at radius 3 is 2.06 bits per heavy atom. The van der Waals surface area contributed by atoms with Crippen LogP contribution in [0.5, 0.6) is 17.2 Å². The van der Waals surface area contributed by atoms with Crippen LogP contribution in [0.1, 0.15) is 75.3 Å². The molecule has 4 N–H and O–H groups in total. The molecule has 2 aromatic heterocycles. The molecule has 10 rings (SSSR count). The van der Waals surface area contributed by atoms with Crippen LogP contribution in [0.3, 0.4) is 0 Å². The maximum Gasteiger partial charge on any atom is 0.231 e. The number of nitrogens with two attached hydrogens (primary N) is 2. The smallest absolute Gasteiger partial charge is 0.231 e. The maximum atomic E-state index is 5.87. The quantitative estimate of drug-likeness (QED) is 0.227. The van der Waals surface area contributed by atoms with E-state index in [1.165, 1.54) is 0 Å². The second-order valence-electron chi connectivity index (χ2n) is 13.1. The lowest BCUT2D eigenvalue weighted by Crippen LogP contribution is -2.08. The van der Waals surface area contributed by atoms with Crippen LogP contribution in [0.2, 0.25) is 0 Å². The number of nitrogens with zero attached hydrogens (tertiary/aromatic N) is 7. The maximum absolute atomic E-state index is 5.87. The number of hydrogen-bond donors (Lipinski definition) is 2. The second kappa shape index (κ2) is 12.2. The highest BCUT2D eigenvalue weighted by Gasteiger charge is 2.32. The normalized spacial score (nSPS) is 15.1. The van der Waals surface area contributed by atoms with Gasteiger partial charge in [0.1, 0.15) is 11.6 Å². The Balaban J connectivity index is 0.000000137. The molecule has 1 fully saturated rings. The Morgan fingerprint density at radius 2 is 1.37 bits per heavy atom. The van der Waals surface area contributed by atoms with Crippen molar-refractivity contribution in [3.8, 4) is 17.2 Å². The summed E-state index contributed by atoms with van der Waals surface area (Å²) in [6, 6.07) is 25.7. The zero-order valence-corrected chi connectivity index (χ0v) is 28.2. The van der Waals surface area contributed by atoms with E-state index in [4.69, 9.17) is 35.9 Å². The largest absolute Gasteiger partial charge is 0.497 e. The SMILES string of the molecule is COc1ccc2c(c1)C(c1ccc(N)cc1)=Nn1c(nnc1C1CC1)C2.Cc1cn2c(n1)Cc1cc3c(cc1C(c1ccc(N)cc1)=N2)OCO3. The molecule has 12 heteroatoms. The summed E-state index contributed by atoms with van der Waals surface area (Å²) in [7, 11) is 1.68. The molecule has 51 heavy (non-hydrogen) atoms.